The molecule has 1 amide bonds. The fraction of sp³-hybridized carbons (Fsp3) is 0.105. The Bertz CT molecular complexity index is 1170. The molecule has 0 spiro atoms. The van der Waals surface area contributed by atoms with Crippen LogP contribution in [0.4, 0.5) is 18.9 Å². The number of ether oxygens (including phenoxy) is 1. The van der Waals surface area contributed by atoms with Crippen molar-refractivity contribution >= 4 is 51.9 Å². The van der Waals surface area contributed by atoms with Crippen LogP contribution in [0.5, 0.6) is 11.5 Å². The van der Waals surface area contributed by atoms with E-state index in [1.807, 2.05) is 0 Å². The fourth-order valence-corrected chi connectivity index (χ4v) is 3.89. The van der Waals surface area contributed by atoms with Crippen molar-refractivity contribution in [2.75, 3.05) is 6.54 Å². The molecule has 0 unspecified atom stereocenters. The molecule has 0 aliphatic carbocycles. The van der Waals surface area contributed by atoms with Crippen molar-refractivity contribution < 1.29 is 37.5 Å². The number of nitro groups is 1. The lowest BCUT2D eigenvalue weighted by Gasteiger charge is -2.12. The van der Waals surface area contributed by atoms with Gasteiger partial charge in [-0.1, -0.05) is 42.2 Å². The molecule has 0 aromatic heterocycles. The Morgan fingerprint density at radius 1 is 1.25 bits per heavy atom. The summed E-state index contributed by atoms with van der Waals surface area (Å²) in [4.78, 5) is 34.6. The number of hydrogen-bond acceptors (Lipinski definition) is 7. The minimum absolute atomic E-state index is 0.0267. The second-order valence-corrected chi connectivity index (χ2v) is 7.91. The van der Waals surface area contributed by atoms with Crippen molar-refractivity contribution in [2.45, 2.75) is 6.18 Å². The standard InChI is InChI=1S/C19H11F3N2O6S2/c20-19(21,22)11-5-6-14(12(8-11)24(28)29)30-13-4-2-1-3-10(13)7-15-17(27)23(9-16(25)26)18(31)32-15/h1-8H,9H2,(H,25,26)/b15-7-. The summed E-state index contributed by atoms with van der Waals surface area (Å²) in [6.45, 7) is -0.613. The van der Waals surface area contributed by atoms with Crippen molar-refractivity contribution in [1.82, 2.24) is 4.90 Å². The Labute approximate surface area is 187 Å². The first-order valence-corrected chi connectivity index (χ1v) is 9.79. The van der Waals surface area contributed by atoms with E-state index in [2.05, 4.69) is 0 Å². The van der Waals surface area contributed by atoms with Gasteiger partial charge in [0.1, 0.15) is 16.6 Å². The largest absolute Gasteiger partial charge is 0.480 e. The third-order valence-corrected chi connectivity index (χ3v) is 5.45. The zero-order chi connectivity index (χ0) is 23.6. The zero-order valence-electron chi connectivity index (χ0n) is 15.7. The molecule has 0 atom stereocenters. The van der Waals surface area contributed by atoms with Crippen molar-refractivity contribution in [3.05, 3.63) is 68.6 Å². The number of carboxylic acid groups (broad SMARTS) is 1. The summed E-state index contributed by atoms with van der Waals surface area (Å²) in [5, 5.41) is 20.2. The van der Waals surface area contributed by atoms with Gasteiger partial charge in [0.15, 0.2) is 0 Å². The first kappa shape index (κ1) is 23.2. The summed E-state index contributed by atoms with van der Waals surface area (Å²) < 4.78 is 44.3. The zero-order valence-corrected chi connectivity index (χ0v) is 17.3. The number of nitrogens with zero attached hydrogens (tertiary/aromatic N) is 2. The molecule has 1 aliphatic heterocycles. The van der Waals surface area contributed by atoms with Crippen molar-refractivity contribution in [2.24, 2.45) is 0 Å². The maximum atomic E-state index is 12.9. The number of thioether (sulfide) groups is 1. The first-order valence-electron chi connectivity index (χ1n) is 8.57. The smallest absolute Gasteiger partial charge is 0.416 e. The van der Waals surface area contributed by atoms with Crippen LogP contribution in [0.3, 0.4) is 0 Å². The molecule has 2 aromatic rings. The van der Waals surface area contributed by atoms with Crippen LogP contribution < -0.4 is 4.74 Å². The van der Waals surface area contributed by atoms with E-state index in [0.29, 0.717) is 12.1 Å². The predicted molar refractivity (Wildman–Crippen MR) is 112 cm³/mol. The van der Waals surface area contributed by atoms with Gasteiger partial charge >= 0.3 is 17.8 Å². The Balaban J connectivity index is 1.96. The second-order valence-electron chi connectivity index (χ2n) is 6.24. The summed E-state index contributed by atoms with van der Waals surface area (Å²) in [5.41, 5.74) is -1.81. The number of para-hydroxylation sites is 1. The quantitative estimate of drug-likeness (QED) is 0.272. The van der Waals surface area contributed by atoms with Crippen molar-refractivity contribution in [3.8, 4) is 11.5 Å². The van der Waals surface area contributed by atoms with E-state index >= 15 is 0 Å². The Morgan fingerprint density at radius 2 is 1.94 bits per heavy atom. The number of hydrogen-bond donors (Lipinski definition) is 1. The number of nitro benzene ring substituents is 1. The molecule has 1 fully saturated rings. The summed E-state index contributed by atoms with van der Waals surface area (Å²) in [6.07, 6.45) is -3.42. The van der Waals surface area contributed by atoms with Crippen LogP contribution in [0.1, 0.15) is 11.1 Å². The van der Waals surface area contributed by atoms with Gasteiger partial charge in [-0.3, -0.25) is 24.6 Å². The third kappa shape index (κ3) is 5.06. The highest BCUT2D eigenvalue weighted by Crippen LogP contribution is 2.40. The Morgan fingerprint density at radius 3 is 2.56 bits per heavy atom. The number of carboxylic acids is 1. The van der Waals surface area contributed by atoms with Gasteiger partial charge in [-0.2, -0.15) is 13.2 Å². The molecule has 1 heterocycles. The van der Waals surface area contributed by atoms with Crippen LogP contribution in [-0.4, -0.2) is 37.7 Å². The summed E-state index contributed by atoms with van der Waals surface area (Å²) in [5.74, 6) is -2.29. The molecule has 0 bridgehead atoms. The molecule has 32 heavy (non-hydrogen) atoms. The minimum atomic E-state index is -4.77. The Kier molecular flexibility index (Phi) is 6.50. The number of thiocarbonyl (C=S) groups is 1. The number of amides is 1. The number of carbonyl (C=O) groups is 2. The molecular formula is C19H11F3N2O6S2. The monoisotopic (exact) mass is 484 g/mol. The molecule has 0 radical (unpaired) electrons. The third-order valence-electron chi connectivity index (χ3n) is 4.08. The van der Waals surface area contributed by atoms with Gasteiger partial charge in [0.25, 0.3) is 5.91 Å². The molecule has 8 nitrogen and oxygen atoms in total. The van der Waals surface area contributed by atoms with Gasteiger partial charge in [0.2, 0.25) is 5.75 Å². The number of alkyl halides is 3. The molecule has 1 aliphatic rings. The van der Waals surface area contributed by atoms with Crippen LogP contribution >= 0.6 is 24.0 Å². The SMILES string of the molecule is O=C(O)CN1C(=O)/C(=C/c2ccccc2Oc2ccc(C(F)(F)F)cc2[N+](=O)[O-])SC1=S. The number of halogens is 3. The molecular weight excluding hydrogens is 473 g/mol. The van der Waals surface area contributed by atoms with Crippen molar-refractivity contribution in [3.63, 3.8) is 0 Å². The van der Waals surface area contributed by atoms with E-state index in [-0.39, 0.29) is 20.5 Å². The molecule has 3 rings (SSSR count). The van der Waals surface area contributed by atoms with Crippen LogP contribution in [0.2, 0.25) is 0 Å². The number of aliphatic carboxylic acids is 1. The average Bonchev–Trinajstić information content (AvgIpc) is 2.95. The van der Waals surface area contributed by atoms with E-state index in [9.17, 15) is 32.9 Å². The highest BCUT2D eigenvalue weighted by atomic mass is 32.2. The normalized spacial score (nSPS) is 15.3. The Hall–Kier alpha value is -3.45. The fourth-order valence-electron chi connectivity index (χ4n) is 2.65. The maximum Gasteiger partial charge on any atom is 0.416 e. The van der Waals surface area contributed by atoms with Gasteiger partial charge in [0, 0.05) is 11.6 Å². The van der Waals surface area contributed by atoms with Crippen LogP contribution in [0, 0.1) is 10.1 Å². The predicted octanol–water partition coefficient (Wildman–Crippen LogP) is 4.69. The van der Waals surface area contributed by atoms with Crippen LogP contribution in [-0.2, 0) is 15.8 Å². The number of benzene rings is 2. The minimum Gasteiger partial charge on any atom is -0.480 e. The van der Waals surface area contributed by atoms with Gasteiger partial charge < -0.3 is 9.84 Å². The van der Waals surface area contributed by atoms with Gasteiger partial charge in [-0.05, 0) is 24.3 Å². The first-order chi connectivity index (χ1) is 15.0. The lowest BCUT2D eigenvalue weighted by molar-refractivity contribution is -0.385. The average molecular weight is 484 g/mol. The lowest BCUT2D eigenvalue weighted by Crippen LogP contribution is -2.33. The molecule has 13 heteroatoms. The van der Waals surface area contributed by atoms with E-state index < -0.39 is 46.5 Å². The van der Waals surface area contributed by atoms with Gasteiger partial charge in [-0.15, -0.1) is 0 Å². The molecule has 166 valence electrons. The number of carbonyl (C=O) groups excluding carboxylic acids is 1. The summed E-state index contributed by atoms with van der Waals surface area (Å²) in [7, 11) is 0. The highest BCUT2D eigenvalue weighted by molar-refractivity contribution is 8.26. The summed E-state index contributed by atoms with van der Waals surface area (Å²) >= 11 is 5.88. The van der Waals surface area contributed by atoms with E-state index in [0.717, 1.165) is 22.7 Å². The van der Waals surface area contributed by atoms with Crippen molar-refractivity contribution in [1.29, 1.82) is 0 Å². The highest BCUT2D eigenvalue weighted by Gasteiger charge is 2.35. The second kappa shape index (κ2) is 8.96. The number of rotatable bonds is 6. The van der Waals surface area contributed by atoms with Crippen LogP contribution in [0.25, 0.3) is 6.08 Å². The topological polar surface area (TPSA) is 110 Å². The van der Waals surface area contributed by atoms with Gasteiger partial charge in [-0.25, -0.2) is 0 Å². The van der Waals surface area contributed by atoms with E-state index in [1.165, 1.54) is 24.3 Å². The molecule has 0 saturated carbocycles. The van der Waals surface area contributed by atoms with Crippen LogP contribution in [0.15, 0.2) is 47.4 Å². The molecule has 2 aromatic carbocycles. The van der Waals surface area contributed by atoms with E-state index in [4.69, 9.17) is 22.1 Å². The lowest BCUT2D eigenvalue weighted by atomic mass is 10.1. The van der Waals surface area contributed by atoms with Gasteiger partial charge in [0.05, 0.1) is 15.4 Å². The molecule has 1 saturated heterocycles. The molecule has 1 N–H and O–H groups in total. The maximum absolute atomic E-state index is 12.9. The summed E-state index contributed by atoms with van der Waals surface area (Å²) in [6, 6.07) is 7.89. The van der Waals surface area contributed by atoms with E-state index in [1.54, 1.807) is 6.07 Å².